The number of benzene rings is 2. The van der Waals surface area contributed by atoms with E-state index in [9.17, 15) is 9.59 Å². The Morgan fingerprint density at radius 2 is 1.97 bits per heavy atom. The van der Waals surface area contributed by atoms with Gasteiger partial charge in [0.05, 0.1) is 17.5 Å². The Hall–Kier alpha value is -4.01. The number of rotatable bonds is 7. The molecule has 0 saturated carbocycles. The fourth-order valence-electron chi connectivity index (χ4n) is 2.90. The lowest BCUT2D eigenvalue weighted by Crippen LogP contribution is -2.33. The first-order valence-electron chi connectivity index (χ1n) is 9.46. The molecule has 0 unspecified atom stereocenters. The van der Waals surface area contributed by atoms with E-state index in [0.717, 1.165) is 16.0 Å². The van der Waals surface area contributed by atoms with E-state index in [4.69, 9.17) is 9.26 Å². The molecule has 0 bridgehead atoms. The summed E-state index contributed by atoms with van der Waals surface area (Å²) in [6, 6.07) is 14.3. The predicted molar refractivity (Wildman–Crippen MR) is 110 cm³/mol. The highest BCUT2D eigenvalue weighted by molar-refractivity contribution is 5.84. The number of fused-ring (bicyclic) bond motifs is 1. The van der Waals surface area contributed by atoms with Gasteiger partial charge in [0.2, 0.25) is 17.6 Å². The molecule has 9 nitrogen and oxygen atoms in total. The van der Waals surface area contributed by atoms with Gasteiger partial charge < -0.3 is 9.26 Å². The summed E-state index contributed by atoms with van der Waals surface area (Å²) in [5, 5.41) is 4.38. The fraction of sp³-hybridized carbons (Fsp3) is 0.190. The first-order chi connectivity index (χ1) is 14.6. The smallest absolute Gasteiger partial charge is 0.280 e. The molecule has 0 aliphatic carbocycles. The third-order valence-corrected chi connectivity index (χ3v) is 4.37. The lowest BCUT2D eigenvalue weighted by molar-refractivity contribution is -0.117. The van der Waals surface area contributed by atoms with Crippen molar-refractivity contribution in [2.75, 3.05) is 12.0 Å². The van der Waals surface area contributed by atoms with Crippen molar-refractivity contribution in [2.45, 2.75) is 19.8 Å². The molecule has 0 spiro atoms. The number of hydrogen-bond acceptors (Lipinski definition) is 7. The first-order valence-corrected chi connectivity index (χ1v) is 9.46. The minimum absolute atomic E-state index is 0.0736. The maximum Gasteiger partial charge on any atom is 0.280 e. The topological polar surface area (TPSA) is 112 Å². The number of nitrogens with zero attached hydrogens (tertiary/aromatic N) is 4. The van der Waals surface area contributed by atoms with E-state index in [1.807, 2.05) is 31.2 Å². The van der Waals surface area contributed by atoms with Crippen molar-refractivity contribution in [3.63, 3.8) is 0 Å². The van der Waals surface area contributed by atoms with E-state index in [1.54, 1.807) is 24.3 Å². The predicted octanol–water partition coefficient (Wildman–Crippen LogP) is 2.55. The van der Waals surface area contributed by atoms with Gasteiger partial charge in [0.1, 0.15) is 12.1 Å². The monoisotopic (exact) mass is 405 g/mol. The Kier molecular flexibility index (Phi) is 5.51. The van der Waals surface area contributed by atoms with Crippen molar-refractivity contribution in [3.05, 3.63) is 71.1 Å². The quantitative estimate of drug-likeness (QED) is 0.503. The van der Waals surface area contributed by atoms with Gasteiger partial charge in [0.15, 0.2) is 0 Å². The number of aryl methyl sites for hydroxylation is 1. The summed E-state index contributed by atoms with van der Waals surface area (Å²) in [5.74, 6) is 1.16. The largest absolute Gasteiger partial charge is 0.494 e. The molecule has 4 rings (SSSR count). The highest BCUT2D eigenvalue weighted by Crippen LogP contribution is 2.20. The van der Waals surface area contributed by atoms with Gasteiger partial charge in [-0.2, -0.15) is 4.98 Å². The Bertz CT molecular complexity index is 1230. The standard InChI is InChI=1S/C21H19N5O4/c1-2-29-15-9-7-14(8-10-15)20-23-19(30-25-20)12-11-18(27)24-26-13-22-17-6-4-3-5-16(17)21(26)28/h3-10,13H,2,11-12H2,1H3,(H,24,27). The average Bonchev–Trinajstić information content (AvgIpc) is 3.24. The molecule has 4 aromatic rings. The van der Waals surface area contributed by atoms with Crippen LogP contribution in [0.25, 0.3) is 22.3 Å². The van der Waals surface area contributed by atoms with E-state index < -0.39 is 0 Å². The average molecular weight is 405 g/mol. The fourth-order valence-corrected chi connectivity index (χ4v) is 2.90. The number of carbonyl (C=O) groups is 1. The molecule has 0 aliphatic heterocycles. The summed E-state index contributed by atoms with van der Waals surface area (Å²) in [4.78, 5) is 33.1. The number of amides is 1. The lowest BCUT2D eigenvalue weighted by Gasteiger charge is -2.07. The zero-order valence-electron chi connectivity index (χ0n) is 16.2. The molecular formula is C21H19N5O4. The van der Waals surface area contributed by atoms with Crippen LogP contribution in [-0.2, 0) is 11.2 Å². The molecule has 0 aliphatic rings. The summed E-state index contributed by atoms with van der Waals surface area (Å²) in [6.45, 7) is 2.51. The normalized spacial score (nSPS) is 10.8. The minimum atomic E-state index is -0.366. The number of hydrogen-bond donors (Lipinski definition) is 1. The van der Waals surface area contributed by atoms with E-state index >= 15 is 0 Å². The van der Waals surface area contributed by atoms with Crippen molar-refractivity contribution in [1.29, 1.82) is 0 Å². The molecule has 152 valence electrons. The van der Waals surface area contributed by atoms with Crippen LogP contribution in [0.4, 0.5) is 0 Å². The van der Waals surface area contributed by atoms with Crippen molar-refractivity contribution < 1.29 is 14.1 Å². The molecule has 30 heavy (non-hydrogen) atoms. The van der Waals surface area contributed by atoms with Crippen LogP contribution in [0, 0.1) is 0 Å². The Labute approximate surface area is 171 Å². The molecule has 0 atom stereocenters. The van der Waals surface area contributed by atoms with Crippen LogP contribution in [0.3, 0.4) is 0 Å². The summed E-state index contributed by atoms with van der Waals surface area (Å²) in [6.07, 6.45) is 1.61. The van der Waals surface area contributed by atoms with Gasteiger partial charge in [-0.3, -0.25) is 15.0 Å². The van der Waals surface area contributed by atoms with Crippen LogP contribution in [0.2, 0.25) is 0 Å². The highest BCUT2D eigenvalue weighted by Gasteiger charge is 2.12. The maximum absolute atomic E-state index is 12.4. The molecule has 2 aromatic heterocycles. The van der Waals surface area contributed by atoms with E-state index in [1.165, 1.54) is 6.33 Å². The van der Waals surface area contributed by atoms with Crippen molar-refractivity contribution in [2.24, 2.45) is 0 Å². The van der Waals surface area contributed by atoms with E-state index in [-0.39, 0.29) is 24.3 Å². The van der Waals surface area contributed by atoms with E-state index in [0.29, 0.717) is 29.2 Å². The molecule has 1 N–H and O–H groups in total. The molecular weight excluding hydrogens is 386 g/mol. The van der Waals surface area contributed by atoms with Gasteiger partial charge in [0, 0.05) is 18.4 Å². The molecule has 0 fully saturated rings. The Balaban J connectivity index is 1.38. The van der Waals surface area contributed by atoms with Gasteiger partial charge in [-0.15, -0.1) is 0 Å². The number of aromatic nitrogens is 4. The molecule has 1 amide bonds. The second kappa shape index (κ2) is 8.56. The summed E-state index contributed by atoms with van der Waals surface area (Å²) in [7, 11) is 0. The minimum Gasteiger partial charge on any atom is -0.494 e. The van der Waals surface area contributed by atoms with Gasteiger partial charge in [-0.05, 0) is 43.3 Å². The van der Waals surface area contributed by atoms with Crippen molar-refractivity contribution in [1.82, 2.24) is 19.8 Å². The number of para-hydroxylation sites is 1. The number of nitrogens with one attached hydrogen (secondary N) is 1. The highest BCUT2D eigenvalue weighted by atomic mass is 16.5. The molecule has 0 saturated heterocycles. The second-order valence-corrected chi connectivity index (χ2v) is 6.44. The summed E-state index contributed by atoms with van der Waals surface area (Å²) in [5.41, 5.74) is 3.54. The third kappa shape index (κ3) is 4.19. The van der Waals surface area contributed by atoms with Gasteiger partial charge in [0.25, 0.3) is 5.56 Å². The lowest BCUT2D eigenvalue weighted by atomic mass is 10.2. The SMILES string of the molecule is CCOc1ccc(-c2noc(CCC(=O)Nn3cnc4ccccc4c3=O)n2)cc1. The van der Waals surface area contributed by atoms with Crippen LogP contribution in [0.5, 0.6) is 5.75 Å². The number of carbonyl (C=O) groups excluding carboxylic acids is 1. The van der Waals surface area contributed by atoms with Gasteiger partial charge in [-0.25, -0.2) is 9.66 Å². The number of ether oxygens (including phenoxy) is 1. The molecule has 2 aromatic carbocycles. The van der Waals surface area contributed by atoms with Crippen molar-refractivity contribution in [3.8, 4) is 17.1 Å². The van der Waals surface area contributed by atoms with Crippen molar-refractivity contribution >= 4 is 16.8 Å². The third-order valence-electron chi connectivity index (χ3n) is 4.37. The van der Waals surface area contributed by atoms with Gasteiger partial charge >= 0.3 is 0 Å². The van der Waals surface area contributed by atoms with Gasteiger partial charge in [-0.1, -0.05) is 17.3 Å². The molecule has 2 heterocycles. The molecule has 0 radical (unpaired) electrons. The second-order valence-electron chi connectivity index (χ2n) is 6.44. The summed E-state index contributed by atoms with van der Waals surface area (Å²) < 4.78 is 11.7. The van der Waals surface area contributed by atoms with Crippen LogP contribution < -0.4 is 15.7 Å². The molecule has 9 heteroatoms. The first kappa shape index (κ1) is 19.3. The van der Waals surface area contributed by atoms with Crippen LogP contribution in [0.1, 0.15) is 19.2 Å². The van der Waals surface area contributed by atoms with Crippen LogP contribution >= 0.6 is 0 Å². The van der Waals surface area contributed by atoms with Crippen LogP contribution in [0.15, 0.2) is 64.2 Å². The van der Waals surface area contributed by atoms with Crippen LogP contribution in [-0.4, -0.2) is 32.3 Å². The van der Waals surface area contributed by atoms with E-state index in [2.05, 4.69) is 20.6 Å². The maximum atomic E-state index is 12.4. The zero-order valence-corrected chi connectivity index (χ0v) is 16.2. The Morgan fingerprint density at radius 3 is 2.77 bits per heavy atom. The Morgan fingerprint density at radius 1 is 1.17 bits per heavy atom. The summed E-state index contributed by atoms with van der Waals surface area (Å²) >= 11 is 0. The zero-order chi connectivity index (χ0) is 20.9.